The smallest absolute Gasteiger partial charge is 0.309 e. The standard InChI is InChI=1S/C24H30N2O6S/c1-3-32-24(29)17-10-14-26(15-11-17)33(30,31)23-20(25-12-8-16(2)9-13-25)21(27)18-6-4-5-7-19(18)22(23)28/h4-7,16-17H,3,8-15H2,1-2H3. The van der Waals surface area contributed by atoms with Crippen molar-refractivity contribution in [3.63, 3.8) is 0 Å². The van der Waals surface area contributed by atoms with Crippen LogP contribution in [0.1, 0.15) is 60.2 Å². The second-order valence-corrected chi connectivity index (χ2v) is 10.9. The van der Waals surface area contributed by atoms with Gasteiger partial charge in [0.05, 0.1) is 12.5 Å². The summed E-state index contributed by atoms with van der Waals surface area (Å²) in [6.07, 6.45) is 2.29. The number of hydrogen-bond acceptors (Lipinski definition) is 7. The van der Waals surface area contributed by atoms with Gasteiger partial charge in [-0.15, -0.1) is 0 Å². The average Bonchev–Trinajstić information content (AvgIpc) is 2.82. The van der Waals surface area contributed by atoms with E-state index in [1.165, 1.54) is 10.4 Å². The summed E-state index contributed by atoms with van der Waals surface area (Å²) in [5.41, 5.74) is 0.366. The normalized spacial score (nSPS) is 21.3. The molecule has 1 aromatic rings. The summed E-state index contributed by atoms with van der Waals surface area (Å²) in [5, 5.41) is 0. The third-order valence-corrected chi connectivity index (χ3v) is 8.76. The molecule has 0 amide bonds. The third kappa shape index (κ3) is 4.36. The number of benzene rings is 1. The number of ether oxygens (including phenoxy) is 1. The van der Waals surface area contributed by atoms with Crippen molar-refractivity contribution in [1.82, 2.24) is 9.21 Å². The van der Waals surface area contributed by atoms with E-state index in [0.717, 1.165) is 12.8 Å². The van der Waals surface area contributed by atoms with Crippen LogP contribution in [0.5, 0.6) is 0 Å². The van der Waals surface area contributed by atoms with E-state index in [-0.39, 0.29) is 48.4 Å². The molecule has 2 heterocycles. The first-order valence-corrected chi connectivity index (χ1v) is 13.0. The van der Waals surface area contributed by atoms with Crippen LogP contribution in [0, 0.1) is 11.8 Å². The van der Waals surface area contributed by atoms with Crippen LogP contribution in [0.25, 0.3) is 0 Å². The SMILES string of the molecule is CCOC(=O)C1CCN(S(=O)(=O)C2=C(N3CCC(C)CC3)C(=O)c3ccccc3C2=O)CC1. The number of sulfonamides is 1. The van der Waals surface area contributed by atoms with Crippen molar-refractivity contribution < 1.29 is 27.5 Å². The molecule has 2 aliphatic heterocycles. The van der Waals surface area contributed by atoms with E-state index in [0.29, 0.717) is 31.8 Å². The maximum atomic E-state index is 13.8. The number of allylic oxidation sites excluding steroid dienone is 2. The molecule has 2 fully saturated rings. The molecule has 2 saturated heterocycles. The van der Waals surface area contributed by atoms with Gasteiger partial charge in [-0.3, -0.25) is 14.4 Å². The highest BCUT2D eigenvalue weighted by atomic mass is 32.2. The van der Waals surface area contributed by atoms with Crippen molar-refractivity contribution in [2.45, 2.75) is 39.5 Å². The minimum absolute atomic E-state index is 0.00174. The number of carbonyl (C=O) groups excluding carboxylic acids is 3. The van der Waals surface area contributed by atoms with Gasteiger partial charge in [-0.25, -0.2) is 8.42 Å². The maximum absolute atomic E-state index is 13.8. The molecule has 0 bridgehead atoms. The van der Waals surface area contributed by atoms with Gasteiger partial charge in [-0.2, -0.15) is 4.31 Å². The zero-order chi connectivity index (χ0) is 23.8. The Morgan fingerprint density at radius 2 is 1.55 bits per heavy atom. The van der Waals surface area contributed by atoms with E-state index >= 15 is 0 Å². The minimum atomic E-state index is -4.23. The van der Waals surface area contributed by atoms with E-state index in [1.54, 1.807) is 30.0 Å². The molecule has 0 spiro atoms. The van der Waals surface area contributed by atoms with Gasteiger partial charge in [0.15, 0.2) is 4.91 Å². The van der Waals surface area contributed by atoms with E-state index in [4.69, 9.17) is 4.74 Å². The molecule has 0 aromatic heterocycles. The Balaban J connectivity index is 1.71. The number of likely N-dealkylation sites (tertiary alicyclic amines) is 1. The highest BCUT2D eigenvalue weighted by Crippen LogP contribution is 2.36. The van der Waals surface area contributed by atoms with Crippen LogP contribution in [0.3, 0.4) is 0 Å². The van der Waals surface area contributed by atoms with Gasteiger partial charge < -0.3 is 9.64 Å². The van der Waals surface area contributed by atoms with Crippen LogP contribution in [0.2, 0.25) is 0 Å². The van der Waals surface area contributed by atoms with Crippen molar-refractivity contribution in [2.24, 2.45) is 11.8 Å². The molecular formula is C24H30N2O6S. The van der Waals surface area contributed by atoms with Crippen molar-refractivity contribution in [3.05, 3.63) is 46.0 Å². The summed E-state index contributed by atoms with van der Waals surface area (Å²) in [6.45, 7) is 5.39. The first kappa shape index (κ1) is 23.6. The van der Waals surface area contributed by atoms with Gasteiger partial charge in [0.2, 0.25) is 21.6 Å². The Morgan fingerprint density at radius 3 is 2.12 bits per heavy atom. The molecule has 3 aliphatic rings. The summed E-state index contributed by atoms with van der Waals surface area (Å²) >= 11 is 0. The number of ketones is 2. The van der Waals surface area contributed by atoms with Crippen LogP contribution in [-0.2, 0) is 19.6 Å². The van der Waals surface area contributed by atoms with E-state index < -0.39 is 26.5 Å². The van der Waals surface area contributed by atoms with E-state index in [2.05, 4.69) is 6.92 Å². The highest BCUT2D eigenvalue weighted by molar-refractivity contribution is 7.94. The Kier molecular flexibility index (Phi) is 6.72. The molecule has 0 radical (unpaired) electrons. The zero-order valence-electron chi connectivity index (χ0n) is 19.1. The number of piperidine rings is 2. The first-order valence-electron chi connectivity index (χ1n) is 11.6. The summed E-state index contributed by atoms with van der Waals surface area (Å²) in [7, 11) is -4.23. The Morgan fingerprint density at radius 1 is 0.970 bits per heavy atom. The number of Topliss-reactive ketones (excluding diaryl/α,β-unsaturated/α-hetero) is 2. The fraction of sp³-hybridized carbons (Fsp3) is 0.542. The van der Waals surface area contributed by atoms with Gasteiger partial charge in [0.1, 0.15) is 5.70 Å². The number of hydrogen-bond donors (Lipinski definition) is 0. The lowest BCUT2D eigenvalue weighted by Crippen LogP contribution is -2.46. The highest BCUT2D eigenvalue weighted by Gasteiger charge is 2.45. The number of esters is 1. The van der Waals surface area contributed by atoms with Crippen LogP contribution < -0.4 is 0 Å². The van der Waals surface area contributed by atoms with Crippen LogP contribution in [-0.4, -0.2) is 67.9 Å². The van der Waals surface area contributed by atoms with Gasteiger partial charge in [-0.1, -0.05) is 31.2 Å². The van der Waals surface area contributed by atoms with E-state index in [1.807, 2.05) is 0 Å². The first-order chi connectivity index (χ1) is 15.8. The van der Waals surface area contributed by atoms with E-state index in [9.17, 15) is 22.8 Å². The molecule has 4 rings (SSSR count). The lowest BCUT2D eigenvalue weighted by molar-refractivity contribution is -0.149. The second-order valence-electron chi connectivity index (χ2n) is 8.98. The average molecular weight is 475 g/mol. The monoisotopic (exact) mass is 474 g/mol. The fourth-order valence-electron chi connectivity index (χ4n) is 4.82. The molecule has 0 saturated carbocycles. The molecule has 1 aliphatic carbocycles. The largest absolute Gasteiger partial charge is 0.466 e. The lowest BCUT2D eigenvalue weighted by Gasteiger charge is -2.37. The number of nitrogens with zero attached hydrogens (tertiary/aromatic N) is 2. The summed E-state index contributed by atoms with van der Waals surface area (Å²) in [4.78, 5) is 40.4. The predicted octanol–water partition coefficient (Wildman–Crippen LogP) is 2.61. The quantitative estimate of drug-likeness (QED) is 0.605. The Bertz CT molecular complexity index is 1090. The molecule has 1 aromatic carbocycles. The molecule has 0 atom stereocenters. The Labute approximate surface area is 194 Å². The molecule has 8 nitrogen and oxygen atoms in total. The van der Waals surface area contributed by atoms with Gasteiger partial charge in [0, 0.05) is 37.3 Å². The zero-order valence-corrected chi connectivity index (χ0v) is 19.9. The number of rotatable bonds is 5. The maximum Gasteiger partial charge on any atom is 0.309 e. The topological polar surface area (TPSA) is 101 Å². The second kappa shape index (κ2) is 9.38. The van der Waals surface area contributed by atoms with Crippen molar-refractivity contribution in [1.29, 1.82) is 0 Å². The van der Waals surface area contributed by atoms with Gasteiger partial charge >= 0.3 is 5.97 Å². The third-order valence-electron chi connectivity index (χ3n) is 6.82. The van der Waals surface area contributed by atoms with Crippen LogP contribution in [0.4, 0.5) is 0 Å². The van der Waals surface area contributed by atoms with Gasteiger partial charge in [0.25, 0.3) is 0 Å². The number of fused-ring (bicyclic) bond motifs is 1. The molecule has 33 heavy (non-hydrogen) atoms. The minimum Gasteiger partial charge on any atom is -0.466 e. The predicted molar refractivity (Wildman–Crippen MR) is 122 cm³/mol. The van der Waals surface area contributed by atoms with Gasteiger partial charge in [-0.05, 0) is 38.5 Å². The van der Waals surface area contributed by atoms with Crippen LogP contribution in [0.15, 0.2) is 34.9 Å². The lowest BCUT2D eigenvalue weighted by atomic mass is 9.90. The Hall–Kier alpha value is -2.52. The summed E-state index contributed by atoms with van der Waals surface area (Å²) < 4.78 is 33.9. The fourth-order valence-corrected chi connectivity index (χ4v) is 6.58. The van der Waals surface area contributed by atoms with Crippen LogP contribution >= 0.6 is 0 Å². The molecule has 0 unspecified atom stereocenters. The van der Waals surface area contributed by atoms with Crippen molar-refractivity contribution >= 4 is 27.6 Å². The van der Waals surface area contributed by atoms with Crippen molar-refractivity contribution in [2.75, 3.05) is 32.8 Å². The molecule has 0 N–H and O–H groups in total. The molecular weight excluding hydrogens is 444 g/mol. The summed E-state index contributed by atoms with van der Waals surface area (Å²) in [5.74, 6) is -1.26. The summed E-state index contributed by atoms with van der Waals surface area (Å²) in [6, 6.07) is 6.40. The number of carbonyl (C=O) groups is 3. The molecule has 9 heteroatoms. The van der Waals surface area contributed by atoms with Crippen molar-refractivity contribution in [3.8, 4) is 0 Å². The molecule has 178 valence electrons.